The molecule has 3 rings (SSSR count). The Morgan fingerprint density at radius 1 is 0.935 bits per heavy atom. The summed E-state index contributed by atoms with van der Waals surface area (Å²) in [5, 5.41) is 8.52. The monoisotopic (exact) mass is 462 g/mol. The average molecular weight is 463 g/mol. The summed E-state index contributed by atoms with van der Waals surface area (Å²) in [5.41, 5.74) is 0. The van der Waals surface area contributed by atoms with Gasteiger partial charge < -0.3 is 9.84 Å². The van der Waals surface area contributed by atoms with Crippen molar-refractivity contribution >= 4 is 33.4 Å². The van der Waals surface area contributed by atoms with Crippen LogP contribution in [0.3, 0.4) is 0 Å². The van der Waals surface area contributed by atoms with E-state index in [-0.39, 0.29) is 48.4 Å². The van der Waals surface area contributed by atoms with Crippen LogP contribution in [0.25, 0.3) is 0 Å². The van der Waals surface area contributed by atoms with Crippen LogP contribution >= 0.6 is 0 Å². The average Bonchev–Trinajstić information content (AvgIpc) is 3.42. The zero-order valence-electron chi connectivity index (χ0n) is 18.3. The molecule has 0 aromatic heterocycles. The number of Topliss-reactive ketones (excluding diaryl/α,β-unsaturated/α-hetero) is 3. The van der Waals surface area contributed by atoms with Gasteiger partial charge in [0.05, 0.1) is 26.1 Å². The highest BCUT2D eigenvalue weighted by atomic mass is 32.2. The van der Waals surface area contributed by atoms with Crippen molar-refractivity contribution in [2.75, 3.05) is 26.1 Å². The number of rotatable bonds is 6. The Morgan fingerprint density at radius 2 is 1.45 bits per heavy atom. The molecule has 0 amide bonds. The smallest absolute Gasteiger partial charge is 0.316 e. The molecule has 1 N–H and O–H groups in total. The van der Waals surface area contributed by atoms with E-state index in [0.717, 1.165) is 38.4 Å². The highest BCUT2D eigenvalue weighted by Gasteiger charge is 2.31. The maximum Gasteiger partial charge on any atom is 0.316 e. The number of ketones is 3. The van der Waals surface area contributed by atoms with Crippen LogP contribution in [-0.2, 0) is 38.2 Å². The number of carbonyl (C=O) groups is 4. The summed E-state index contributed by atoms with van der Waals surface area (Å²) in [6, 6.07) is 0. The minimum atomic E-state index is -3.39. The molecule has 0 saturated heterocycles. The summed E-state index contributed by atoms with van der Waals surface area (Å²) < 4.78 is 30.4. The van der Waals surface area contributed by atoms with E-state index in [1.165, 1.54) is 0 Å². The summed E-state index contributed by atoms with van der Waals surface area (Å²) in [7, 11) is -3.39. The van der Waals surface area contributed by atoms with Gasteiger partial charge in [-0.2, -0.15) is 8.42 Å². The molecule has 9 nitrogen and oxygen atoms in total. The van der Waals surface area contributed by atoms with Gasteiger partial charge >= 0.3 is 5.97 Å². The van der Waals surface area contributed by atoms with Crippen molar-refractivity contribution in [3.8, 4) is 0 Å². The second-order valence-corrected chi connectivity index (χ2v) is 9.59. The summed E-state index contributed by atoms with van der Waals surface area (Å²) in [6.45, 7) is 2.19. The molecule has 0 radical (unpaired) electrons. The van der Waals surface area contributed by atoms with Crippen molar-refractivity contribution in [2.45, 2.75) is 64.7 Å². The van der Waals surface area contributed by atoms with E-state index in [2.05, 4.69) is 4.18 Å². The molecule has 178 valence electrons. The van der Waals surface area contributed by atoms with Gasteiger partial charge in [-0.25, -0.2) is 0 Å². The first-order valence-electron chi connectivity index (χ1n) is 10.8. The molecule has 3 aliphatic carbocycles. The van der Waals surface area contributed by atoms with E-state index in [1.807, 2.05) is 0 Å². The fourth-order valence-electron chi connectivity index (χ4n) is 3.66. The van der Waals surface area contributed by atoms with Gasteiger partial charge in [0.1, 0.15) is 23.3 Å². The van der Waals surface area contributed by atoms with E-state index in [4.69, 9.17) is 9.84 Å². The topological polar surface area (TPSA) is 141 Å². The SMILES string of the molecule is CCOC(=O)C1CCCC1=O.CS(=O)(=O)OCC1CCCC1=O.O=C1CCCC1CO. The van der Waals surface area contributed by atoms with Gasteiger partial charge in [-0.05, 0) is 45.4 Å². The third kappa shape index (κ3) is 10.5. The third-order valence-electron chi connectivity index (χ3n) is 5.44. The van der Waals surface area contributed by atoms with Gasteiger partial charge in [-0.15, -0.1) is 0 Å². The Morgan fingerprint density at radius 3 is 1.81 bits per heavy atom. The summed E-state index contributed by atoms with van der Waals surface area (Å²) in [5.74, 6) is -0.589. The van der Waals surface area contributed by atoms with Gasteiger partial charge in [-0.1, -0.05) is 0 Å². The lowest BCUT2D eigenvalue weighted by molar-refractivity contribution is -0.150. The van der Waals surface area contributed by atoms with Crippen molar-refractivity contribution in [3.05, 3.63) is 0 Å². The largest absolute Gasteiger partial charge is 0.465 e. The van der Waals surface area contributed by atoms with Crippen molar-refractivity contribution in [1.29, 1.82) is 0 Å². The lowest BCUT2D eigenvalue weighted by atomic mass is 10.1. The van der Waals surface area contributed by atoms with Gasteiger partial charge in [0, 0.05) is 31.1 Å². The maximum atomic E-state index is 11.0. The van der Waals surface area contributed by atoms with E-state index < -0.39 is 16.0 Å². The molecular weight excluding hydrogens is 428 g/mol. The standard InChI is InChI=1S/C8H12O3.C7H12O4S.C6H10O2/c1-2-11-8(10)6-4-3-5-7(6)9;1-12(9,10)11-5-6-3-2-4-7(6)8;7-4-5-2-1-3-6(5)8/h6H,2-5H2,1H3;6H,2-5H2,1H3;5,7H,1-4H2. The first-order chi connectivity index (χ1) is 14.6. The molecule has 3 saturated carbocycles. The lowest BCUT2D eigenvalue weighted by Crippen LogP contribution is -2.21. The number of hydrogen-bond acceptors (Lipinski definition) is 9. The quantitative estimate of drug-likeness (QED) is 0.354. The predicted octanol–water partition coefficient (Wildman–Crippen LogP) is 1.60. The molecule has 3 aliphatic rings. The second kappa shape index (κ2) is 13.7. The Hall–Kier alpha value is -1.65. The normalized spacial score (nSPS) is 25.5. The van der Waals surface area contributed by atoms with Gasteiger partial charge in [0.25, 0.3) is 10.1 Å². The van der Waals surface area contributed by atoms with Crippen LogP contribution in [0.4, 0.5) is 0 Å². The number of aliphatic hydroxyl groups excluding tert-OH is 1. The van der Waals surface area contributed by atoms with Gasteiger partial charge in [-0.3, -0.25) is 23.4 Å². The van der Waals surface area contributed by atoms with Crippen LogP contribution in [-0.4, -0.2) is 62.9 Å². The van der Waals surface area contributed by atoms with Gasteiger partial charge in [0.2, 0.25) is 0 Å². The molecule has 0 spiro atoms. The Balaban J connectivity index is 0.000000237. The fourth-order valence-corrected chi connectivity index (χ4v) is 4.07. The fraction of sp³-hybridized carbons (Fsp3) is 0.810. The van der Waals surface area contributed by atoms with Crippen molar-refractivity contribution in [2.24, 2.45) is 17.8 Å². The van der Waals surface area contributed by atoms with E-state index in [1.54, 1.807) is 6.92 Å². The first kappa shape index (κ1) is 27.4. The van der Waals surface area contributed by atoms with Crippen molar-refractivity contribution in [3.63, 3.8) is 0 Å². The Kier molecular flexibility index (Phi) is 12.1. The zero-order valence-corrected chi connectivity index (χ0v) is 19.2. The van der Waals surface area contributed by atoms with E-state index >= 15 is 0 Å². The molecule has 3 fully saturated rings. The van der Waals surface area contributed by atoms with E-state index in [9.17, 15) is 27.6 Å². The molecule has 0 bridgehead atoms. The first-order valence-corrected chi connectivity index (χ1v) is 12.6. The van der Waals surface area contributed by atoms with E-state index in [0.29, 0.717) is 32.3 Å². The maximum absolute atomic E-state index is 11.0. The molecule has 10 heteroatoms. The molecule has 0 aliphatic heterocycles. The van der Waals surface area contributed by atoms with Crippen molar-refractivity contribution < 1.29 is 41.6 Å². The number of aliphatic hydroxyl groups is 1. The van der Waals surface area contributed by atoms with Crippen LogP contribution < -0.4 is 0 Å². The zero-order chi connectivity index (χ0) is 23.4. The molecule has 3 unspecified atom stereocenters. The summed E-state index contributed by atoms with van der Waals surface area (Å²) >= 11 is 0. The Labute approximate surface area is 184 Å². The van der Waals surface area contributed by atoms with Crippen LogP contribution in [0.2, 0.25) is 0 Å². The molecular formula is C21H34O9S. The number of esters is 1. The number of carbonyl (C=O) groups excluding carboxylic acids is 4. The molecule has 0 heterocycles. The summed E-state index contributed by atoms with van der Waals surface area (Å²) in [6.07, 6.45) is 7.79. The van der Waals surface area contributed by atoms with Crippen LogP contribution in [0.15, 0.2) is 0 Å². The van der Waals surface area contributed by atoms with Crippen LogP contribution in [0.1, 0.15) is 64.7 Å². The van der Waals surface area contributed by atoms with Crippen LogP contribution in [0.5, 0.6) is 0 Å². The van der Waals surface area contributed by atoms with Gasteiger partial charge in [0.15, 0.2) is 0 Å². The minimum absolute atomic E-state index is 0.0185. The highest BCUT2D eigenvalue weighted by molar-refractivity contribution is 7.85. The Bertz CT molecular complexity index is 729. The highest BCUT2D eigenvalue weighted by Crippen LogP contribution is 2.23. The predicted molar refractivity (Wildman–Crippen MR) is 112 cm³/mol. The van der Waals surface area contributed by atoms with Crippen molar-refractivity contribution in [1.82, 2.24) is 0 Å². The molecule has 31 heavy (non-hydrogen) atoms. The lowest BCUT2D eigenvalue weighted by Gasteiger charge is -2.05. The molecule has 3 atom stereocenters. The number of ether oxygens (including phenoxy) is 1. The minimum Gasteiger partial charge on any atom is -0.465 e. The second-order valence-electron chi connectivity index (χ2n) is 7.95. The molecule has 0 aromatic rings. The molecule has 0 aromatic carbocycles. The number of hydrogen-bond donors (Lipinski definition) is 1. The summed E-state index contributed by atoms with van der Waals surface area (Å²) in [4.78, 5) is 43.7. The van der Waals surface area contributed by atoms with Crippen LogP contribution in [0, 0.1) is 17.8 Å². The third-order valence-corrected chi connectivity index (χ3v) is 6.01.